The van der Waals surface area contributed by atoms with Crippen LogP contribution in [0.2, 0.25) is 0 Å². The maximum Gasteiger partial charge on any atom is 0.111 e. The molecule has 0 saturated carbocycles. The highest BCUT2D eigenvalue weighted by atomic mass is 15.1. The van der Waals surface area contributed by atoms with Gasteiger partial charge in [0.25, 0.3) is 0 Å². The van der Waals surface area contributed by atoms with E-state index in [0.29, 0.717) is 12.0 Å². The average Bonchev–Trinajstić information content (AvgIpc) is 2.72. The Kier molecular flexibility index (Phi) is 4.02. The van der Waals surface area contributed by atoms with E-state index in [0.717, 1.165) is 17.8 Å². The molecule has 1 N–H and O–H groups in total. The van der Waals surface area contributed by atoms with Crippen molar-refractivity contribution < 1.29 is 0 Å². The SMILES string of the molecule is CCC(C)C(Cc1nc2ccccc2n1C)NC. The summed E-state index contributed by atoms with van der Waals surface area (Å²) in [5, 5.41) is 3.42. The third-order valence-electron chi connectivity index (χ3n) is 3.98. The van der Waals surface area contributed by atoms with E-state index in [1.807, 2.05) is 13.1 Å². The van der Waals surface area contributed by atoms with Crippen LogP contribution in [-0.2, 0) is 13.5 Å². The lowest BCUT2D eigenvalue weighted by Gasteiger charge is -2.22. The summed E-state index contributed by atoms with van der Waals surface area (Å²) in [6, 6.07) is 8.81. The smallest absolute Gasteiger partial charge is 0.111 e. The number of imidazole rings is 1. The first-order valence-corrected chi connectivity index (χ1v) is 6.75. The average molecular weight is 245 g/mol. The number of rotatable bonds is 5. The summed E-state index contributed by atoms with van der Waals surface area (Å²) in [5.41, 5.74) is 2.31. The Morgan fingerprint density at radius 1 is 1.33 bits per heavy atom. The molecule has 0 spiro atoms. The van der Waals surface area contributed by atoms with Crippen molar-refractivity contribution in [1.82, 2.24) is 14.9 Å². The van der Waals surface area contributed by atoms with Gasteiger partial charge in [-0.15, -0.1) is 0 Å². The summed E-state index contributed by atoms with van der Waals surface area (Å²) < 4.78 is 2.21. The summed E-state index contributed by atoms with van der Waals surface area (Å²) in [7, 11) is 4.15. The van der Waals surface area contributed by atoms with E-state index in [9.17, 15) is 0 Å². The Morgan fingerprint density at radius 3 is 2.67 bits per heavy atom. The van der Waals surface area contributed by atoms with E-state index in [2.05, 4.69) is 49.0 Å². The van der Waals surface area contributed by atoms with Crippen LogP contribution in [0.15, 0.2) is 24.3 Å². The maximum absolute atomic E-state index is 4.74. The highest BCUT2D eigenvalue weighted by Crippen LogP contribution is 2.18. The van der Waals surface area contributed by atoms with E-state index >= 15 is 0 Å². The van der Waals surface area contributed by atoms with Gasteiger partial charge in [0.2, 0.25) is 0 Å². The lowest BCUT2D eigenvalue weighted by atomic mass is 9.96. The molecule has 2 rings (SSSR count). The predicted molar refractivity (Wildman–Crippen MR) is 76.7 cm³/mol. The van der Waals surface area contributed by atoms with Crippen LogP contribution in [0.25, 0.3) is 11.0 Å². The fourth-order valence-electron chi connectivity index (χ4n) is 2.45. The molecule has 0 bridgehead atoms. The molecule has 1 aromatic carbocycles. The van der Waals surface area contributed by atoms with Crippen LogP contribution in [0, 0.1) is 5.92 Å². The largest absolute Gasteiger partial charge is 0.331 e. The second-order valence-corrected chi connectivity index (χ2v) is 5.06. The number of aromatic nitrogens is 2. The fraction of sp³-hybridized carbons (Fsp3) is 0.533. The highest BCUT2D eigenvalue weighted by Gasteiger charge is 2.17. The first-order chi connectivity index (χ1) is 8.67. The van der Waals surface area contributed by atoms with Crippen molar-refractivity contribution >= 4 is 11.0 Å². The van der Waals surface area contributed by atoms with Crippen LogP contribution in [0.3, 0.4) is 0 Å². The molecule has 18 heavy (non-hydrogen) atoms. The first-order valence-electron chi connectivity index (χ1n) is 6.75. The van der Waals surface area contributed by atoms with E-state index in [1.54, 1.807) is 0 Å². The molecule has 0 aliphatic carbocycles. The third-order valence-corrected chi connectivity index (χ3v) is 3.98. The molecule has 1 aromatic heterocycles. The maximum atomic E-state index is 4.74. The minimum absolute atomic E-state index is 0.491. The molecule has 0 radical (unpaired) electrons. The molecule has 2 aromatic rings. The van der Waals surface area contributed by atoms with Crippen LogP contribution >= 0.6 is 0 Å². The molecule has 2 atom stereocenters. The van der Waals surface area contributed by atoms with Crippen LogP contribution in [0.4, 0.5) is 0 Å². The van der Waals surface area contributed by atoms with E-state index in [1.165, 1.54) is 11.9 Å². The van der Waals surface area contributed by atoms with Crippen molar-refractivity contribution in [2.45, 2.75) is 32.7 Å². The first kappa shape index (κ1) is 13.1. The lowest BCUT2D eigenvalue weighted by Crippen LogP contribution is -2.34. The molecule has 0 aliphatic heterocycles. The summed E-state index contributed by atoms with van der Waals surface area (Å²) in [6.07, 6.45) is 2.17. The number of para-hydroxylation sites is 2. The molecular formula is C15H23N3. The normalized spacial score (nSPS) is 14.9. The quantitative estimate of drug-likeness (QED) is 0.878. The highest BCUT2D eigenvalue weighted by molar-refractivity contribution is 5.75. The number of fused-ring (bicyclic) bond motifs is 1. The second kappa shape index (κ2) is 5.53. The van der Waals surface area contributed by atoms with Gasteiger partial charge in [0, 0.05) is 19.5 Å². The number of aryl methyl sites for hydroxylation is 1. The predicted octanol–water partition coefficient (Wildman–Crippen LogP) is 2.75. The summed E-state index contributed by atoms with van der Waals surface area (Å²) in [5.74, 6) is 1.82. The van der Waals surface area contributed by atoms with Crippen LogP contribution < -0.4 is 5.32 Å². The van der Waals surface area contributed by atoms with E-state index in [-0.39, 0.29) is 0 Å². The number of benzene rings is 1. The molecule has 0 fully saturated rings. The monoisotopic (exact) mass is 245 g/mol. The third kappa shape index (κ3) is 2.41. The van der Waals surface area contributed by atoms with Crippen LogP contribution in [0.5, 0.6) is 0 Å². The Hall–Kier alpha value is -1.35. The van der Waals surface area contributed by atoms with Crippen molar-refractivity contribution in [2.75, 3.05) is 7.05 Å². The van der Waals surface area contributed by atoms with Gasteiger partial charge < -0.3 is 9.88 Å². The van der Waals surface area contributed by atoms with Crippen LogP contribution in [0.1, 0.15) is 26.1 Å². The molecule has 3 nitrogen and oxygen atoms in total. The summed E-state index contributed by atoms with van der Waals surface area (Å²) in [4.78, 5) is 4.74. The van der Waals surface area contributed by atoms with Crippen molar-refractivity contribution in [3.8, 4) is 0 Å². The molecule has 0 aliphatic rings. The molecule has 98 valence electrons. The zero-order chi connectivity index (χ0) is 13.1. The number of hydrogen-bond donors (Lipinski definition) is 1. The van der Waals surface area contributed by atoms with Crippen LogP contribution in [-0.4, -0.2) is 22.6 Å². The molecular weight excluding hydrogens is 222 g/mol. The van der Waals surface area contributed by atoms with Gasteiger partial charge in [-0.2, -0.15) is 0 Å². The van der Waals surface area contributed by atoms with Crippen molar-refractivity contribution in [3.05, 3.63) is 30.1 Å². The van der Waals surface area contributed by atoms with Crippen molar-refractivity contribution in [1.29, 1.82) is 0 Å². The van der Waals surface area contributed by atoms with Gasteiger partial charge in [0.15, 0.2) is 0 Å². The Morgan fingerprint density at radius 2 is 2.06 bits per heavy atom. The summed E-state index contributed by atoms with van der Waals surface area (Å²) >= 11 is 0. The van der Waals surface area contributed by atoms with Crippen molar-refractivity contribution in [3.63, 3.8) is 0 Å². The summed E-state index contributed by atoms with van der Waals surface area (Å²) in [6.45, 7) is 4.54. The lowest BCUT2D eigenvalue weighted by molar-refractivity contribution is 0.379. The number of hydrogen-bond acceptors (Lipinski definition) is 2. The van der Waals surface area contributed by atoms with Gasteiger partial charge in [-0.3, -0.25) is 0 Å². The molecule has 3 heteroatoms. The Labute approximate surface area is 109 Å². The van der Waals surface area contributed by atoms with Crippen molar-refractivity contribution in [2.24, 2.45) is 13.0 Å². The van der Waals surface area contributed by atoms with Gasteiger partial charge in [-0.25, -0.2) is 4.98 Å². The number of likely N-dealkylation sites (N-methyl/N-ethyl adjacent to an activating group) is 1. The molecule has 0 amide bonds. The standard InChI is InChI=1S/C15H23N3/c1-5-11(2)13(16-3)10-15-17-12-8-6-7-9-14(12)18(15)4/h6-9,11,13,16H,5,10H2,1-4H3. The minimum Gasteiger partial charge on any atom is -0.331 e. The molecule has 2 unspecified atom stereocenters. The van der Waals surface area contributed by atoms with Gasteiger partial charge in [-0.05, 0) is 25.1 Å². The van der Waals surface area contributed by atoms with Gasteiger partial charge in [-0.1, -0.05) is 32.4 Å². The molecule has 1 heterocycles. The van der Waals surface area contributed by atoms with E-state index < -0.39 is 0 Å². The fourth-order valence-corrected chi connectivity index (χ4v) is 2.45. The topological polar surface area (TPSA) is 29.9 Å². The Bertz CT molecular complexity index is 515. The molecule has 0 saturated heterocycles. The second-order valence-electron chi connectivity index (χ2n) is 5.06. The van der Waals surface area contributed by atoms with Gasteiger partial charge >= 0.3 is 0 Å². The van der Waals surface area contributed by atoms with Gasteiger partial charge in [0.1, 0.15) is 5.82 Å². The van der Waals surface area contributed by atoms with Gasteiger partial charge in [0.05, 0.1) is 11.0 Å². The number of nitrogens with zero attached hydrogens (tertiary/aromatic N) is 2. The zero-order valence-corrected chi connectivity index (χ0v) is 11.8. The zero-order valence-electron chi connectivity index (χ0n) is 11.8. The van der Waals surface area contributed by atoms with E-state index in [4.69, 9.17) is 4.98 Å². The number of nitrogens with one attached hydrogen (secondary N) is 1. The Balaban J connectivity index is 2.28. The minimum atomic E-state index is 0.491.